The van der Waals surface area contributed by atoms with E-state index in [9.17, 15) is 9.18 Å². The number of anilines is 1. The lowest BCUT2D eigenvalue weighted by Gasteiger charge is -2.17. The van der Waals surface area contributed by atoms with E-state index in [1.54, 1.807) is 0 Å². The smallest absolute Gasteiger partial charge is 0.232 e. The maximum absolute atomic E-state index is 13.6. The van der Waals surface area contributed by atoms with Gasteiger partial charge in [-0.15, -0.1) is 0 Å². The van der Waals surface area contributed by atoms with Crippen LogP contribution < -0.4 is 9.64 Å². The van der Waals surface area contributed by atoms with Crippen molar-refractivity contribution < 1.29 is 18.4 Å². The van der Waals surface area contributed by atoms with Crippen LogP contribution in [0.5, 0.6) is 5.75 Å². The molecule has 3 aromatic rings. The zero-order valence-electron chi connectivity index (χ0n) is 15.1. The first-order chi connectivity index (χ1) is 13.6. The summed E-state index contributed by atoms with van der Waals surface area (Å²) in [5, 5.41) is 4.36. The number of hydrogen-bond donors (Lipinski definition) is 0. The summed E-state index contributed by atoms with van der Waals surface area (Å²) < 4.78 is 24.6. The number of ether oxygens (including phenoxy) is 1. The summed E-state index contributed by atoms with van der Waals surface area (Å²) in [4.78, 5) is 18.4. The van der Waals surface area contributed by atoms with Crippen LogP contribution in [0, 0.1) is 5.82 Å². The Morgan fingerprint density at radius 2 is 2.14 bits per heavy atom. The van der Waals surface area contributed by atoms with Crippen LogP contribution in [0.2, 0.25) is 5.02 Å². The van der Waals surface area contributed by atoms with Gasteiger partial charge in [-0.2, -0.15) is 4.98 Å². The van der Waals surface area contributed by atoms with Gasteiger partial charge in [0, 0.05) is 13.0 Å². The summed E-state index contributed by atoms with van der Waals surface area (Å²) in [7, 11) is 0. The summed E-state index contributed by atoms with van der Waals surface area (Å²) >= 11 is 6.14. The van der Waals surface area contributed by atoms with Gasteiger partial charge in [0.2, 0.25) is 17.6 Å². The molecule has 144 valence electrons. The lowest BCUT2D eigenvalue weighted by Crippen LogP contribution is -2.24. The van der Waals surface area contributed by atoms with E-state index in [4.69, 9.17) is 20.9 Å². The first-order valence-electron chi connectivity index (χ1n) is 8.88. The molecule has 1 atom stereocenters. The fourth-order valence-electron chi connectivity index (χ4n) is 3.24. The summed E-state index contributed by atoms with van der Waals surface area (Å²) in [5.41, 5.74) is 1.06. The number of carbonyl (C=O) groups excluding carboxylic acids is 1. The van der Waals surface area contributed by atoms with Crippen molar-refractivity contribution in [3.8, 4) is 17.1 Å². The summed E-state index contributed by atoms with van der Waals surface area (Å²) in [6, 6.07) is 11.3. The van der Waals surface area contributed by atoms with Gasteiger partial charge >= 0.3 is 0 Å². The standard InChI is InChI=1S/C20H17ClFN3O3/c1-2-27-17-6-4-3-5-14(17)19-23-20(28-24-19)12-9-18(26)25(11-12)16-10-13(22)7-8-15(16)21/h3-8,10,12H,2,9,11H2,1H3. The van der Waals surface area contributed by atoms with Crippen molar-refractivity contribution in [2.75, 3.05) is 18.1 Å². The molecule has 1 amide bonds. The van der Waals surface area contributed by atoms with E-state index < -0.39 is 5.82 Å². The molecule has 1 aliphatic rings. The third-order valence-corrected chi connectivity index (χ3v) is 4.86. The Hall–Kier alpha value is -2.93. The second-order valence-electron chi connectivity index (χ2n) is 6.39. The van der Waals surface area contributed by atoms with Crippen LogP contribution >= 0.6 is 11.6 Å². The maximum atomic E-state index is 13.6. The molecule has 0 saturated carbocycles. The van der Waals surface area contributed by atoms with Crippen LogP contribution in [0.4, 0.5) is 10.1 Å². The predicted molar refractivity (Wildman–Crippen MR) is 102 cm³/mol. The first-order valence-corrected chi connectivity index (χ1v) is 9.26. The van der Waals surface area contributed by atoms with Gasteiger partial charge in [0.05, 0.1) is 28.8 Å². The maximum Gasteiger partial charge on any atom is 0.232 e. The van der Waals surface area contributed by atoms with Gasteiger partial charge in [0.15, 0.2) is 0 Å². The summed E-state index contributed by atoms with van der Waals surface area (Å²) in [6.45, 7) is 2.70. The average Bonchev–Trinajstić information content (AvgIpc) is 3.31. The molecule has 6 nitrogen and oxygen atoms in total. The van der Waals surface area contributed by atoms with Gasteiger partial charge in [-0.3, -0.25) is 4.79 Å². The molecule has 2 heterocycles. The van der Waals surface area contributed by atoms with E-state index in [2.05, 4.69) is 10.1 Å². The van der Waals surface area contributed by atoms with Crippen molar-refractivity contribution in [1.29, 1.82) is 0 Å². The van der Waals surface area contributed by atoms with Gasteiger partial charge in [-0.05, 0) is 37.3 Å². The highest BCUT2D eigenvalue weighted by Gasteiger charge is 2.36. The van der Waals surface area contributed by atoms with Crippen molar-refractivity contribution in [2.45, 2.75) is 19.3 Å². The highest BCUT2D eigenvalue weighted by Crippen LogP contribution is 2.36. The van der Waals surface area contributed by atoms with E-state index in [0.717, 1.165) is 0 Å². The lowest BCUT2D eigenvalue weighted by molar-refractivity contribution is -0.117. The second kappa shape index (κ2) is 7.59. The van der Waals surface area contributed by atoms with Crippen LogP contribution in [0.15, 0.2) is 47.0 Å². The molecule has 4 rings (SSSR count). The Kier molecular flexibility index (Phi) is 5.00. The number of nitrogens with zero attached hydrogens (tertiary/aromatic N) is 3. The molecule has 0 N–H and O–H groups in total. The number of halogens is 2. The van der Waals surface area contributed by atoms with Gasteiger partial charge in [0.1, 0.15) is 11.6 Å². The fourth-order valence-corrected chi connectivity index (χ4v) is 3.46. The molecule has 1 unspecified atom stereocenters. The Morgan fingerprint density at radius 1 is 1.32 bits per heavy atom. The first kappa shape index (κ1) is 18.4. The monoisotopic (exact) mass is 401 g/mol. The van der Waals surface area contributed by atoms with E-state index in [1.807, 2.05) is 31.2 Å². The van der Waals surface area contributed by atoms with Crippen molar-refractivity contribution in [3.63, 3.8) is 0 Å². The van der Waals surface area contributed by atoms with Crippen LogP contribution in [0.1, 0.15) is 25.2 Å². The Labute approximate surface area is 165 Å². The molecule has 0 bridgehead atoms. The average molecular weight is 402 g/mol. The van der Waals surface area contributed by atoms with Crippen molar-refractivity contribution in [2.24, 2.45) is 0 Å². The third-order valence-electron chi connectivity index (χ3n) is 4.54. The predicted octanol–water partition coefficient (Wildman–Crippen LogP) is 4.45. The molecule has 2 aromatic carbocycles. The van der Waals surface area contributed by atoms with Gasteiger partial charge in [0.25, 0.3) is 0 Å². The van der Waals surface area contributed by atoms with E-state index in [1.165, 1.54) is 23.1 Å². The topological polar surface area (TPSA) is 68.5 Å². The minimum Gasteiger partial charge on any atom is -0.493 e. The largest absolute Gasteiger partial charge is 0.493 e. The van der Waals surface area contributed by atoms with Gasteiger partial charge in [-0.25, -0.2) is 4.39 Å². The number of rotatable bonds is 5. The highest BCUT2D eigenvalue weighted by molar-refractivity contribution is 6.33. The van der Waals surface area contributed by atoms with Crippen molar-refractivity contribution in [3.05, 3.63) is 59.2 Å². The summed E-state index contributed by atoms with van der Waals surface area (Å²) in [6.07, 6.45) is 0.182. The van der Waals surface area contributed by atoms with Gasteiger partial charge < -0.3 is 14.2 Å². The SMILES string of the molecule is CCOc1ccccc1-c1noc(C2CC(=O)N(c3cc(F)ccc3Cl)C2)n1. The zero-order chi connectivity index (χ0) is 19.7. The molecule has 1 fully saturated rings. The number of carbonyl (C=O) groups is 1. The molecule has 1 aliphatic heterocycles. The van der Waals surface area contributed by atoms with E-state index in [0.29, 0.717) is 40.3 Å². The van der Waals surface area contributed by atoms with Crippen molar-refractivity contribution in [1.82, 2.24) is 10.1 Å². The van der Waals surface area contributed by atoms with E-state index >= 15 is 0 Å². The Morgan fingerprint density at radius 3 is 2.96 bits per heavy atom. The number of hydrogen-bond acceptors (Lipinski definition) is 5. The Bertz CT molecular complexity index is 1020. The second-order valence-corrected chi connectivity index (χ2v) is 6.79. The number of benzene rings is 2. The molecule has 0 aliphatic carbocycles. The molecule has 0 spiro atoms. The number of para-hydroxylation sites is 1. The molecule has 8 heteroatoms. The quantitative estimate of drug-likeness (QED) is 0.631. The molecule has 1 saturated heterocycles. The number of amides is 1. The van der Waals surface area contributed by atoms with Crippen LogP contribution in [0.3, 0.4) is 0 Å². The third kappa shape index (κ3) is 3.45. The molecular formula is C20H17ClFN3O3. The van der Waals surface area contributed by atoms with Crippen LogP contribution in [-0.4, -0.2) is 29.2 Å². The zero-order valence-corrected chi connectivity index (χ0v) is 15.8. The van der Waals surface area contributed by atoms with Gasteiger partial charge in [-0.1, -0.05) is 28.9 Å². The highest BCUT2D eigenvalue weighted by atomic mass is 35.5. The Balaban J connectivity index is 1.59. The fraction of sp³-hybridized carbons (Fsp3) is 0.250. The lowest BCUT2D eigenvalue weighted by atomic mass is 10.1. The van der Waals surface area contributed by atoms with Crippen LogP contribution in [0.25, 0.3) is 11.4 Å². The molecule has 0 radical (unpaired) electrons. The summed E-state index contributed by atoms with van der Waals surface area (Å²) in [5.74, 6) is 0.481. The van der Waals surface area contributed by atoms with Crippen LogP contribution in [-0.2, 0) is 4.79 Å². The minimum absolute atomic E-state index is 0.174. The normalized spacial score (nSPS) is 16.6. The minimum atomic E-state index is -0.455. The molecule has 1 aromatic heterocycles. The van der Waals surface area contributed by atoms with Crippen molar-refractivity contribution >= 4 is 23.2 Å². The number of aromatic nitrogens is 2. The molecule has 28 heavy (non-hydrogen) atoms. The van der Waals surface area contributed by atoms with E-state index in [-0.39, 0.29) is 24.8 Å². The molecular weight excluding hydrogens is 385 g/mol.